The van der Waals surface area contributed by atoms with E-state index < -0.39 is 9.84 Å². The van der Waals surface area contributed by atoms with E-state index in [-0.39, 0.29) is 29.1 Å². The lowest BCUT2D eigenvalue weighted by Crippen LogP contribution is -2.26. The molecule has 1 amide bonds. The van der Waals surface area contributed by atoms with E-state index in [9.17, 15) is 13.2 Å². The lowest BCUT2D eigenvalue weighted by Gasteiger charge is -2.10. The number of sulfone groups is 1. The van der Waals surface area contributed by atoms with Crippen LogP contribution in [0.3, 0.4) is 0 Å². The molecule has 116 valence electrons. The predicted molar refractivity (Wildman–Crippen MR) is 80.0 cm³/mol. The van der Waals surface area contributed by atoms with Crippen molar-refractivity contribution in [3.8, 4) is 0 Å². The first-order valence-electron chi connectivity index (χ1n) is 7.09. The van der Waals surface area contributed by atoms with Gasteiger partial charge in [0.05, 0.1) is 11.5 Å². The molecule has 2 N–H and O–H groups in total. The highest BCUT2D eigenvalue weighted by atomic mass is 32.2. The molecule has 1 atom stereocenters. The number of aromatic nitrogens is 2. The van der Waals surface area contributed by atoms with E-state index in [0.717, 1.165) is 12.8 Å². The first kappa shape index (κ1) is 15.7. The minimum absolute atomic E-state index is 0.119. The molecule has 1 unspecified atom stereocenters. The normalized spacial score (nSPS) is 20.1. The zero-order valence-corrected chi connectivity index (χ0v) is 12.8. The number of nitrogens with zero attached hydrogens (tertiary/aromatic N) is 2. The van der Waals surface area contributed by atoms with Crippen molar-refractivity contribution >= 4 is 21.6 Å². The molecule has 1 saturated heterocycles. The predicted octanol–water partition coefficient (Wildman–Crippen LogP) is 0.605. The molecule has 21 heavy (non-hydrogen) atoms. The maximum Gasteiger partial charge on any atom is 0.271 e. The fourth-order valence-electron chi connectivity index (χ4n) is 2.12. The Morgan fingerprint density at radius 2 is 2.19 bits per heavy atom. The summed E-state index contributed by atoms with van der Waals surface area (Å²) in [6.07, 6.45) is 2.51. The summed E-state index contributed by atoms with van der Waals surface area (Å²) in [5.74, 6) is 0.567. The molecular formula is C13H20N4O3S. The number of unbranched alkanes of at least 4 members (excludes halogenated alkanes) is 1. The SMILES string of the molecule is CCCCNC(=O)c1ccc(NC2CCS(=O)(=O)C2)nn1. The number of carbonyl (C=O) groups excluding carboxylic acids is 1. The van der Waals surface area contributed by atoms with Crippen molar-refractivity contribution in [2.75, 3.05) is 23.4 Å². The summed E-state index contributed by atoms with van der Waals surface area (Å²) >= 11 is 0. The minimum atomic E-state index is -2.92. The monoisotopic (exact) mass is 312 g/mol. The molecule has 1 aliphatic heterocycles. The highest BCUT2D eigenvalue weighted by molar-refractivity contribution is 7.91. The van der Waals surface area contributed by atoms with E-state index in [1.807, 2.05) is 0 Å². The second-order valence-corrected chi connectivity index (χ2v) is 7.39. The molecule has 2 heterocycles. The van der Waals surface area contributed by atoms with Gasteiger partial charge in [0.2, 0.25) is 0 Å². The lowest BCUT2D eigenvalue weighted by atomic mass is 10.2. The Morgan fingerprint density at radius 1 is 1.38 bits per heavy atom. The molecule has 0 radical (unpaired) electrons. The number of carbonyl (C=O) groups is 1. The van der Waals surface area contributed by atoms with Crippen LogP contribution in [0.25, 0.3) is 0 Å². The molecule has 2 rings (SSSR count). The van der Waals surface area contributed by atoms with Gasteiger partial charge in [-0.1, -0.05) is 13.3 Å². The second-order valence-electron chi connectivity index (χ2n) is 5.16. The van der Waals surface area contributed by atoms with Crippen LogP contribution >= 0.6 is 0 Å². The third-order valence-corrected chi connectivity index (χ3v) is 5.07. The van der Waals surface area contributed by atoms with Crippen LogP contribution in [0.15, 0.2) is 12.1 Å². The van der Waals surface area contributed by atoms with Gasteiger partial charge in [0, 0.05) is 12.6 Å². The Kier molecular flexibility index (Phi) is 5.11. The zero-order chi connectivity index (χ0) is 15.3. The number of amides is 1. The van der Waals surface area contributed by atoms with Gasteiger partial charge >= 0.3 is 0 Å². The van der Waals surface area contributed by atoms with Crippen LogP contribution in [0.5, 0.6) is 0 Å². The highest BCUT2D eigenvalue weighted by Crippen LogP contribution is 2.15. The van der Waals surface area contributed by atoms with Crippen molar-refractivity contribution < 1.29 is 13.2 Å². The molecule has 0 spiro atoms. The molecule has 8 heteroatoms. The van der Waals surface area contributed by atoms with Gasteiger partial charge < -0.3 is 10.6 Å². The molecular weight excluding hydrogens is 292 g/mol. The van der Waals surface area contributed by atoms with Crippen molar-refractivity contribution in [1.29, 1.82) is 0 Å². The van der Waals surface area contributed by atoms with Crippen molar-refractivity contribution in [3.63, 3.8) is 0 Å². The van der Waals surface area contributed by atoms with Crippen LogP contribution in [-0.4, -0.2) is 48.6 Å². The number of hydrogen-bond donors (Lipinski definition) is 2. The van der Waals surface area contributed by atoms with Crippen LogP contribution in [0.4, 0.5) is 5.82 Å². The standard InChI is InChI=1S/C13H20N4O3S/c1-2-3-7-14-13(18)11-4-5-12(17-16-11)15-10-6-8-21(19,20)9-10/h4-5,10H,2-3,6-9H2,1H3,(H,14,18)(H,15,17). The summed E-state index contributed by atoms with van der Waals surface area (Å²) in [6.45, 7) is 2.67. The first-order valence-corrected chi connectivity index (χ1v) is 8.91. The van der Waals surface area contributed by atoms with Crippen LogP contribution in [0.1, 0.15) is 36.7 Å². The summed E-state index contributed by atoms with van der Waals surface area (Å²) in [7, 11) is -2.92. The van der Waals surface area contributed by atoms with Gasteiger partial charge in [-0.25, -0.2) is 8.42 Å². The molecule has 1 fully saturated rings. The zero-order valence-electron chi connectivity index (χ0n) is 12.0. The summed E-state index contributed by atoms with van der Waals surface area (Å²) in [5.41, 5.74) is 0.260. The molecule has 0 bridgehead atoms. The van der Waals surface area contributed by atoms with Crippen molar-refractivity contribution in [1.82, 2.24) is 15.5 Å². The topological polar surface area (TPSA) is 101 Å². The second kappa shape index (κ2) is 6.84. The summed E-state index contributed by atoms with van der Waals surface area (Å²) < 4.78 is 22.7. The van der Waals surface area contributed by atoms with Gasteiger partial charge in [-0.15, -0.1) is 10.2 Å². The summed E-state index contributed by atoms with van der Waals surface area (Å²) in [4.78, 5) is 11.7. The van der Waals surface area contributed by atoms with Crippen LogP contribution in [0.2, 0.25) is 0 Å². The quantitative estimate of drug-likeness (QED) is 0.746. The van der Waals surface area contributed by atoms with E-state index in [1.54, 1.807) is 12.1 Å². The fourth-order valence-corrected chi connectivity index (χ4v) is 3.79. The van der Waals surface area contributed by atoms with Gasteiger partial charge in [0.15, 0.2) is 15.5 Å². The highest BCUT2D eigenvalue weighted by Gasteiger charge is 2.27. The van der Waals surface area contributed by atoms with Crippen LogP contribution in [-0.2, 0) is 9.84 Å². The first-order chi connectivity index (χ1) is 10.00. The number of rotatable bonds is 6. The Bertz CT molecular complexity index is 586. The molecule has 7 nitrogen and oxygen atoms in total. The van der Waals surface area contributed by atoms with Crippen LogP contribution in [0, 0.1) is 0 Å². The molecule has 0 saturated carbocycles. The number of nitrogens with one attached hydrogen (secondary N) is 2. The van der Waals surface area contributed by atoms with E-state index >= 15 is 0 Å². The van der Waals surface area contributed by atoms with Gasteiger partial charge in [0.25, 0.3) is 5.91 Å². The molecule has 0 aromatic carbocycles. The van der Waals surface area contributed by atoms with E-state index in [0.29, 0.717) is 18.8 Å². The van der Waals surface area contributed by atoms with Gasteiger partial charge in [-0.05, 0) is 25.0 Å². The van der Waals surface area contributed by atoms with Crippen molar-refractivity contribution in [2.24, 2.45) is 0 Å². The van der Waals surface area contributed by atoms with Gasteiger partial charge in [-0.3, -0.25) is 4.79 Å². The molecule has 1 aromatic rings. The Morgan fingerprint density at radius 3 is 2.76 bits per heavy atom. The third-order valence-electron chi connectivity index (χ3n) is 3.30. The summed E-state index contributed by atoms with van der Waals surface area (Å²) in [5, 5.41) is 13.6. The molecule has 1 aromatic heterocycles. The number of hydrogen-bond acceptors (Lipinski definition) is 6. The van der Waals surface area contributed by atoms with Crippen LogP contribution < -0.4 is 10.6 Å². The third kappa shape index (κ3) is 4.66. The van der Waals surface area contributed by atoms with Crippen molar-refractivity contribution in [3.05, 3.63) is 17.8 Å². The van der Waals surface area contributed by atoms with E-state index in [1.165, 1.54) is 0 Å². The Balaban J connectivity index is 1.88. The average molecular weight is 312 g/mol. The maximum absolute atomic E-state index is 11.7. The van der Waals surface area contributed by atoms with Crippen molar-refractivity contribution in [2.45, 2.75) is 32.2 Å². The molecule has 0 aliphatic carbocycles. The average Bonchev–Trinajstić information content (AvgIpc) is 2.79. The maximum atomic E-state index is 11.7. The lowest BCUT2D eigenvalue weighted by molar-refractivity contribution is 0.0947. The van der Waals surface area contributed by atoms with Gasteiger partial charge in [-0.2, -0.15) is 0 Å². The molecule has 1 aliphatic rings. The largest absolute Gasteiger partial charge is 0.365 e. The Labute approximate surface area is 124 Å². The number of anilines is 1. The van der Waals surface area contributed by atoms with E-state index in [2.05, 4.69) is 27.8 Å². The Hall–Kier alpha value is -1.70. The summed E-state index contributed by atoms with van der Waals surface area (Å²) in [6, 6.07) is 3.10. The van der Waals surface area contributed by atoms with E-state index in [4.69, 9.17) is 0 Å². The minimum Gasteiger partial charge on any atom is -0.365 e. The smallest absolute Gasteiger partial charge is 0.271 e. The van der Waals surface area contributed by atoms with Gasteiger partial charge in [0.1, 0.15) is 5.82 Å². The fraction of sp³-hybridized carbons (Fsp3) is 0.615.